The first kappa shape index (κ1) is 16.7. The second-order valence-corrected chi connectivity index (χ2v) is 4.39. The molecule has 1 unspecified atom stereocenters. The first-order chi connectivity index (χ1) is 8.40. The molecule has 100 valence electrons. The highest BCUT2D eigenvalue weighted by molar-refractivity contribution is 6.17. The molecule has 0 saturated heterocycles. The highest BCUT2D eigenvalue weighted by Crippen LogP contribution is 2.06. The maximum Gasteiger partial charge on any atom is 0.333 e. The number of aliphatic carboxylic acids is 1. The zero-order chi connectivity index (χ0) is 14.1. The molecule has 3 N–H and O–H groups in total. The molecule has 18 heavy (non-hydrogen) atoms. The van der Waals surface area contributed by atoms with Crippen LogP contribution in [-0.4, -0.2) is 17.1 Å². The topological polar surface area (TPSA) is 63.3 Å². The van der Waals surface area contributed by atoms with Crippen molar-refractivity contribution in [2.24, 2.45) is 5.73 Å². The molecule has 1 aromatic rings. The SMILES string of the molecule is CC(C)=C(C(=O)O)C(C)N.ClCc1ccccc1. The molecule has 0 bridgehead atoms. The monoisotopic (exact) mass is 269 g/mol. The lowest BCUT2D eigenvalue weighted by Gasteiger charge is -2.07. The van der Waals surface area contributed by atoms with E-state index in [4.69, 9.17) is 22.4 Å². The van der Waals surface area contributed by atoms with Gasteiger partial charge in [-0.2, -0.15) is 0 Å². The summed E-state index contributed by atoms with van der Waals surface area (Å²) >= 11 is 5.53. The minimum Gasteiger partial charge on any atom is -0.478 e. The van der Waals surface area contributed by atoms with E-state index in [0.717, 1.165) is 5.57 Å². The largest absolute Gasteiger partial charge is 0.478 e. The number of alkyl halides is 1. The molecule has 0 amide bonds. The van der Waals surface area contributed by atoms with Gasteiger partial charge in [-0.15, -0.1) is 11.6 Å². The van der Waals surface area contributed by atoms with E-state index >= 15 is 0 Å². The minimum atomic E-state index is -0.921. The predicted octanol–water partition coefficient (Wildman–Crippen LogP) is 3.18. The molecule has 4 heteroatoms. The summed E-state index contributed by atoms with van der Waals surface area (Å²) in [5.74, 6) is -0.309. The molecule has 0 aliphatic carbocycles. The van der Waals surface area contributed by atoms with Crippen molar-refractivity contribution in [3.8, 4) is 0 Å². The van der Waals surface area contributed by atoms with Crippen LogP contribution in [0.1, 0.15) is 26.3 Å². The maximum atomic E-state index is 10.4. The molecule has 0 heterocycles. The Morgan fingerprint density at radius 2 is 1.83 bits per heavy atom. The summed E-state index contributed by atoms with van der Waals surface area (Å²) < 4.78 is 0. The van der Waals surface area contributed by atoms with Crippen LogP contribution in [0.3, 0.4) is 0 Å². The van der Waals surface area contributed by atoms with E-state index in [1.807, 2.05) is 30.3 Å². The van der Waals surface area contributed by atoms with E-state index in [0.29, 0.717) is 11.5 Å². The van der Waals surface area contributed by atoms with Gasteiger partial charge in [0.15, 0.2) is 0 Å². The van der Waals surface area contributed by atoms with E-state index in [2.05, 4.69) is 0 Å². The fraction of sp³-hybridized carbons (Fsp3) is 0.357. The van der Waals surface area contributed by atoms with Gasteiger partial charge in [-0.3, -0.25) is 0 Å². The van der Waals surface area contributed by atoms with E-state index in [-0.39, 0.29) is 6.04 Å². The number of carboxylic acids is 1. The Hall–Kier alpha value is -1.32. The average molecular weight is 270 g/mol. The number of rotatable bonds is 3. The van der Waals surface area contributed by atoms with Gasteiger partial charge in [-0.25, -0.2) is 4.79 Å². The Morgan fingerprint density at radius 3 is 2.00 bits per heavy atom. The lowest BCUT2D eigenvalue weighted by Crippen LogP contribution is -2.24. The molecule has 0 fully saturated rings. The first-order valence-electron chi connectivity index (χ1n) is 5.66. The highest BCUT2D eigenvalue weighted by Gasteiger charge is 2.12. The van der Waals surface area contributed by atoms with E-state index < -0.39 is 5.97 Å². The number of benzene rings is 1. The normalized spacial score (nSPS) is 10.9. The molecule has 0 aliphatic rings. The molecule has 1 atom stereocenters. The lowest BCUT2D eigenvalue weighted by molar-refractivity contribution is -0.132. The van der Waals surface area contributed by atoms with Gasteiger partial charge in [0.2, 0.25) is 0 Å². The van der Waals surface area contributed by atoms with E-state index in [1.165, 1.54) is 5.56 Å². The van der Waals surface area contributed by atoms with Crippen molar-refractivity contribution in [3.05, 3.63) is 47.0 Å². The molecule has 0 aromatic heterocycles. The molecular weight excluding hydrogens is 250 g/mol. The van der Waals surface area contributed by atoms with Crippen LogP contribution in [0.25, 0.3) is 0 Å². The van der Waals surface area contributed by atoms with Gasteiger partial charge in [0.25, 0.3) is 0 Å². The smallest absolute Gasteiger partial charge is 0.333 e. The second-order valence-electron chi connectivity index (χ2n) is 4.13. The Labute approximate surface area is 113 Å². The molecule has 0 saturated carbocycles. The quantitative estimate of drug-likeness (QED) is 0.654. The molecule has 1 rings (SSSR count). The summed E-state index contributed by atoms with van der Waals surface area (Å²) in [6.45, 7) is 5.15. The number of carboxylic acid groups (broad SMARTS) is 1. The molecular formula is C14H20ClNO2. The summed E-state index contributed by atoms with van der Waals surface area (Å²) in [7, 11) is 0. The number of hydrogen-bond acceptors (Lipinski definition) is 2. The van der Waals surface area contributed by atoms with Crippen LogP contribution in [0.2, 0.25) is 0 Å². The van der Waals surface area contributed by atoms with Crippen molar-refractivity contribution in [1.82, 2.24) is 0 Å². The van der Waals surface area contributed by atoms with Crippen molar-refractivity contribution in [2.45, 2.75) is 32.7 Å². The number of allylic oxidation sites excluding steroid dienone is 1. The van der Waals surface area contributed by atoms with Crippen molar-refractivity contribution >= 4 is 17.6 Å². The van der Waals surface area contributed by atoms with Gasteiger partial charge < -0.3 is 10.8 Å². The summed E-state index contributed by atoms with van der Waals surface area (Å²) in [4.78, 5) is 10.4. The van der Waals surface area contributed by atoms with Gasteiger partial charge >= 0.3 is 5.97 Å². The number of carbonyl (C=O) groups is 1. The summed E-state index contributed by atoms with van der Waals surface area (Å²) in [5.41, 5.74) is 7.65. The van der Waals surface area contributed by atoms with Crippen LogP contribution in [0.4, 0.5) is 0 Å². The van der Waals surface area contributed by atoms with Crippen molar-refractivity contribution in [3.63, 3.8) is 0 Å². The second kappa shape index (κ2) is 8.72. The van der Waals surface area contributed by atoms with Crippen molar-refractivity contribution < 1.29 is 9.90 Å². The van der Waals surface area contributed by atoms with Crippen LogP contribution in [0.15, 0.2) is 41.5 Å². The van der Waals surface area contributed by atoms with Gasteiger partial charge in [0.05, 0.1) is 5.57 Å². The molecule has 3 nitrogen and oxygen atoms in total. The number of hydrogen-bond donors (Lipinski definition) is 2. The summed E-state index contributed by atoms with van der Waals surface area (Å²) in [6.07, 6.45) is 0. The van der Waals surface area contributed by atoms with Gasteiger partial charge in [-0.05, 0) is 26.3 Å². The third-order valence-electron chi connectivity index (χ3n) is 2.22. The fourth-order valence-corrected chi connectivity index (χ4v) is 1.61. The van der Waals surface area contributed by atoms with E-state index in [1.54, 1.807) is 20.8 Å². The first-order valence-corrected chi connectivity index (χ1v) is 6.19. The van der Waals surface area contributed by atoms with Crippen LogP contribution < -0.4 is 5.73 Å². The van der Waals surface area contributed by atoms with E-state index in [9.17, 15) is 4.79 Å². The Kier molecular flexibility index (Phi) is 8.08. The number of nitrogens with two attached hydrogens (primary N) is 1. The third-order valence-corrected chi connectivity index (χ3v) is 2.53. The standard InChI is InChI=1S/C7H7Cl.C7H13NO2/c8-6-7-4-2-1-3-5-7;1-4(2)6(5(3)8)7(9)10/h1-5H,6H2;5H,8H2,1-3H3,(H,9,10). The minimum absolute atomic E-state index is 0.306. The Morgan fingerprint density at radius 1 is 1.33 bits per heavy atom. The van der Waals surface area contributed by atoms with Crippen LogP contribution in [-0.2, 0) is 10.7 Å². The maximum absolute atomic E-state index is 10.4. The molecule has 0 radical (unpaired) electrons. The van der Waals surface area contributed by atoms with Crippen molar-refractivity contribution in [2.75, 3.05) is 0 Å². The van der Waals surface area contributed by atoms with Gasteiger partial charge in [0, 0.05) is 11.9 Å². The average Bonchev–Trinajstić information content (AvgIpc) is 2.29. The summed E-state index contributed by atoms with van der Waals surface area (Å²) in [6, 6.07) is 9.58. The van der Waals surface area contributed by atoms with Crippen molar-refractivity contribution in [1.29, 1.82) is 0 Å². The predicted molar refractivity (Wildman–Crippen MR) is 75.7 cm³/mol. The third kappa shape index (κ3) is 6.42. The van der Waals surface area contributed by atoms with Crippen LogP contribution >= 0.6 is 11.6 Å². The van der Waals surface area contributed by atoms with Gasteiger partial charge in [0.1, 0.15) is 0 Å². The molecule has 0 aliphatic heterocycles. The van der Waals surface area contributed by atoms with Gasteiger partial charge in [-0.1, -0.05) is 35.9 Å². The van der Waals surface area contributed by atoms with Crippen LogP contribution in [0.5, 0.6) is 0 Å². The zero-order valence-electron chi connectivity index (χ0n) is 11.0. The highest BCUT2D eigenvalue weighted by atomic mass is 35.5. The molecule has 1 aromatic carbocycles. The Balaban J connectivity index is 0.000000327. The fourth-order valence-electron chi connectivity index (χ4n) is 1.43. The zero-order valence-corrected chi connectivity index (χ0v) is 11.7. The Bertz CT molecular complexity index is 396. The van der Waals surface area contributed by atoms with Crippen LogP contribution in [0, 0.1) is 0 Å². The molecule has 0 spiro atoms. The number of halogens is 1. The summed E-state index contributed by atoms with van der Waals surface area (Å²) in [5, 5.41) is 8.58. The lowest BCUT2D eigenvalue weighted by atomic mass is 10.1.